The summed E-state index contributed by atoms with van der Waals surface area (Å²) in [6, 6.07) is 9.81. The average molecular weight is 291 g/mol. The number of hydrogen-bond donors (Lipinski definition) is 1. The third-order valence-corrected chi connectivity index (χ3v) is 6.07. The number of thiophene rings is 2. The van der Waals surface area contributed by atoms with E-state index in [-0.39, 0.29) is 0 Å². The minimum atomic E-state index is 0.385. The number of hydrogen-bond acceptors (Lipinski definition) is 3. The Labute approximate surface area is 123 Å². The van der Waals surface area contributed by atoms with Crippen LogP contribution in [0.25, 0.3) is 0 Å². The summed E-state index contributed by atoms with van der Waals surface area (Å²) in [6.07, 6.45) is 5.63. The van der Waals surface area contributed by atoms with Crippen LogP contribution in [0.3, 0.4) is 0 Å². The summed E-state index contributed by atoms with van der Waals surface area (Å²) >= 11 is 3.72. The molecule has 1 aliphatic carbocycles. The van der Waals surface area contributed by atoms with E-state index in [0.29, 0.717) is 12.1 Å². The molecule has 0 aliphatic heterocycles. The van der Waals surface area contributed by atoms with Crippen molar-refractivity contribution in [3.05, 3.63) is 44.8 Å². The zero-order valence-electron chi connectivity index (χ0n) is 11.3. The molecule has 0 saturated heterocycles. The lowest BCUT2D eigenvalue weighted by Gasteiger charge is -2.26. The van der Waals surface area contributed by atoms with Crippen molar-refractivity contribution < 1.29 is 0 Å². The quantitative estimate of drug-likeness (QED) is 0.811. The Bertz CT molecular complexity index is 435. The molecule has 0 spiro atoms. The molecule has 2 aromatic heterocycles. The van der Waals surface area contributed by atoms with Crippen LogP contribution >= 0.6 is 22.7 Å². The van der Waals surface area contributed by atoms with Crippen molar-refractivity contribution in [1.82, 2.24) is 5.32 Å². The summed E-state index contributed by atoms with van der Waals surface area (Å²) in [7, 11) is 0. The first-order valence-electron chi connectivity index (χ1n) is 7.17. The van der Waals surface area contributed by atoms with Crippen molar-refractivity contribution in [2.45, 2.75) is 44.7 Å². The number of nitrogens with one attached hydrogen (secondary N) is 1. The molecule has 0 aromatic carbocycles. The maximum absolute atomic E-state index is 3.88. The van der Waals surface area contributed by atoms with Gasteiger partial charge in [-0.25, -0.2) is 0 Å². The third-order valence-electron chi connectivity index (χ3n) is 4.19. The van der Waals surface area contributed by atoms with Crippen LogP contribution in [0, 0.1) is 5.92 Å². The van der Waals surface area contributed by atoms with Crippen LogP contribution in [-0.4, -0.2) is 6.04 Å². The second-order valence-corrected chi connectivity index (χ2v) is 7.42. The molecule has 1 fully saturated rings. The van der Waals surface area contributed by atoms with E-state index in [4.69, 9.17) is 0 Å². The van der Waals surface area contributed by atoms with Gasteiger partial charge < -0.3 is 5.32 Å². The zero-order chi connectivity index (χ0) is 13.1. The maximum Gasteiger partial charge on any atom is 0.0766 e. The minimum absolute atomic E-state index is 0.385. The van der Waals surface area contributed by atoms with Gasteiger partial charge in [-0.2, -0.15) is 0 Å². The largest absolute Gasteiger partial charge is 0.302 e. The van der Waals surface area contributed by atoms with E-state index in [9.17, 15) is 0 Å². The Kier molecular flexibility index (Phi) is 4.36. The smallest absolute Gasteiger partial charge is 0.0766 e. The Morgan fingerprint density at radius 2 is 1.63 bits per heavy atom. The molecule has 0 radical (unpaired) electrons. The first-order valence-corrected chi connectivity index (χ1v) is 8.93. The maximum atomic E-state index is 3.88. The SMILES string of the molecule is C[C@@H](NC(c1cccs1)c1cccs1)C1CCCC1. The van der Waals surface area contributed by atoms with Crippen LogP contribution in [0.2, 0.25) is 0 Å². The lowest BCUT2D eigenvalue weighted by molar-refractivity contribution is 0.364. The summed E-state index contributed by atoms with van der Waals surface area (Å²) in [4.78, 5) is 2.87. The molecule has 1 N–H and O–H groups in total. The van der Waals surface area contributed by atoms with Gasteiger partial charge in [-0.3, -0.25) is 0 Å². The molecular weight excluding hydrogens is 270 g/mol. The zero-order valence-corrected chi connectivity index (χ0v) is 13.0. The van der Waals surface area contributed by atoms with Gasteiger partial charge in [-0.1, -0.05) is 25.0 Å². The second-order valence-electron chi connectivity index (χ2n) is 5.46. The van der Waals surface area contributed by atoms with E-state index in [2.05, 4.69) is 47.3 Å². The molecule has 2 heterocycles. The first-order chi connectivity index (χ1) is 9.34. The summed E-state index contributed by atoms with van der Waals surface area (Å²) in [5.41, 5.74) is 0. The van der Waals surface area contributed by atoms with Crippen LogP contribution in [0.1, 0.15) is 48.4 Å². The van der Waals surface area contributed by atoms with Gasteiger partial charge in [0.1, 0.15) is 0 Å². The molecule has 1 nitrogen and oxygen atoms in total. The molecule has 102 valence electrons. The minimum Gasteiger partial charge on any atom is -0.302 e. The van der Waals surface area contributed by atoms with Crippen molar-refractivity contribution in [3.8, 4) is 0 Å². The Morgan fingerprint density at radius 1 is 1.05 bits per heavy atom. The summed E-state index contributed by atoms with van der Waals surface area (Å²) < 4.78 is 0. The van der Waals surface area contributed by atoms with Crippen LogP contribution in [-0.2, 0) is 0 Å². The molecule has 2 aromatic rings. The number of rotatable bonds is 5. The van der Waals surface area contributed by atoms with Crippen LogP contribution in [0.5, 0.6) is 0 Å². The molecule has 19 heavy (non-hydrogen) atoms. The predicted octanol–water partition coefficient (Wildman–Crippen LogP) is 5.07. The summed E-state index contributed by atoms with van der Waals surface area (Å²) in [6.45, 7) is 2.37. The lowest BCUT2D eigenvalue weighted by atomic mass is 9.98. The van der Waals surface area contributed by atoms with E-state index in [0.717, 1.165) is 5.92 Å². The van der Waals surface area contributed by atoms with Crippen molar-refractivity contribution >= 4 is 22.7 Å². The highest BCUT2D eigenvalue weighted by Crippen LogP contribution is 2.33. The standard InChI is InChI=1S/C16H21NS2/c1-12(13-6-2-3-7-13)17-16(14-8-4-10-18-14)15-9-5-11-19-15/h4-5,8-13,16-17H,2-3,6-7H2,1H3/t12-/m1/s1. The third kappa shape index (κ3) is 3.10. The predicted molar refractivity (Wildman–Crippen MR) is 85.0 cm³/mol. The molecule has 1 aliphatic rings. The van der Waals surface area contributed by atoms with Crippen LogP contribution in [0.15, 0.2) is 35.0 Å². The van der Waals surface area contributed by atoms with E-state index in [1.807, 2.05) is 22.7 Å². The normalized spacial score (nSPS) is 18.2. The van der Waals surface area contributed by atoms with Gasteiger partial charge in [0.2, 0.25) is 0 Å². The van der Waals surface area contributed by atoms with Gasteiger partial charge in [0.25, 0.3) is 0 Å². The lowest BCUT2D eigenvalue weighted by Crippen LogP contribution is -2.35. The van der Waals surface area contributed by atoms with E-state index in [1.54, 1.807) is 0 Å². The fourth-order valence-electron chi connectivity index (χ4n) is 3.07. The molecule has 0 amide bonds. The van der Waals surface area contributed by atoms with E-state index < -0.39 is 0 Å². The first kappa shape index (κ1) is 13.3. The van der Waals surface area contributed by atoms with Crippen molar-refractivity contribution in [2.24, 2.45) is 5.92 Å². The second kappa shape index (κ2) is 6.21. The highest BCUT2D eigenvalue weighted by Gasteiger charge is 2.25. The summed E-state index contributed by atoms with van der Waals surface area (Å²) in [5.74, 6) is 0.863. The molecule has 3 heteroatoms. The highest BCUT2D eigenvalue weighted by atomic mass is 32.1. The molecule has 1 saturated carbocycles. The van der Waals surface area contributed by atoms with Crippen molar-refractivity contribution in [1.29, 1.82) is 0 Å². The van der Waals surface area contributed by atoms with Gasteiger partial charge in [0.05, 0.1) is 6.04 Å². The van der Waals surface area contributed by atoms with Crippen molar-refractivity contribution in [2.75, 3.05) is 0 Å². The van der Waals surface area contributed by atoms with Crippen LogP contribution < -0.4 is 5.32 Å². The van der Waals surface area contributed by atoms with Gasteiger partial charge >= 0.3 is 0 Å². The molecular formula is C16H21NS2. The summed E-state index contributed by atoms with van der Waals surface area (Å²) in [5, 5.41) is 8.24. The fraction of sp³-hybridized carbons (Fsp3) is 0.500. The van der Waals surface area contributed by atoms with Gasteiger partial charge in [0, 0.05) is 15.8 Å². The molecule has 0 bridgehead atoms. The topological polar surface area (TPSA) is 12.0 Å². The Morgan fingerprint density at radius 3 is 2.11 bits per heavy atom. The highest BCUT2D eigenvalue weighted by molar-refractivity contribution is 7.11. The Hall–Kier alpha value is -0.640. The molecule has 1 atom stereocenters. The van der Waals surface area contributed by atoms with Gasteiger partial charge in [0.15, 0.2) is 0 Å². The monoisotopic (exact) mass is 291 g/mol. The van der Waals surface area contributed by atoms with E-state index >= 15 is 0 Å². The molecule has 3 rings (SSSR count). The van der Waals surface area contributed by atoms with Gasteiger partial charge in [-0.15, -0.1) is 22.7 Å². The van der Waals surface area contributed by atoms with Crippen LogP contribution in [0.4, 0.5) is 0 Å². The Balaban J connectivity index is 1.76. The van der Waals surface area contributed by atoms with Gasteiger partial charge in [-0.05, 0) is 48.6 Å². The van der Waals surface area contributed by atoms with Crippen molar-refractivity contribution in [3.63, 3.8) is 0 Å². The fourth-order valence-corrected chi connectivity index (χ4v) is 4.75. The average Bonchev–Trinajstić information content (AvgIpc) is 3.17. The van der Waals surface area contributed by atoms with E-state index in [1.165, 1.54) is 35.4 Å². The molecule has 0 unspecified atom stereocenters.